The summed E-state index contributed by atoms with van der Waals surface area (Å²) in [5.74, 6) is 0.283. The average Bonchev–Trinajstić information content (AvgIpc) is 2.16. The van der Waals surface area contributed by atoms with Crippen molar-refractivity contribution in [1.82, 2.24) is 0 Å². The normalized spacial score (nSPS) is 12.5. The zero-order valence-corrected chi connectivity index (χ0v) is 7.95. The molecule has 0 fully saturated rings. The van der Waals surface area contributed by atoms with Gasteiger partial charge in [0, 0.05) is 19.3 Å². The minimum Gasteiger partial charge on any atom is -0.508 e. The van der Waals surface area contributed by atoms with E-state index >= 15 is 0 Å². The van der Waals surface area contributed by atoms with Gasteiger partial charge < -0.3 is 15.2 Å². The molecule has 0 heterocycles. The van der Waals surface area contributed by atoms with E-state index in [-0.39, 0.29) is 11.9 Å². The number of phenols is 1. The summed E-state index contributed by atoms with van der Waals surface area (Å²) in [6, 6.07) is 6.97. The van der Waals surface area contributed by atoms with Crippen LogP contribution in [0.15, 0.2) is 24.3 Å². The summed E-state index contributed by atoms with van der Waals surface area (Å²) in [7, 11) is 1.68. The Balaban J connectivity index is 2.41. The topological polar surface area (TPSA) is 41.5 Å². The first kappa shape index (κ1) is 9.86. The third-order valence-corrected chi connectivity index (χ3v) is 1.86. The number of rotatable bonds is 4. The van der Waals surface area contributed by atoms with Gasteiger partial charge in [-0.25, -0.2) is 0 Å². The Kier molecular flexibility index (Phi) is 3.58. The number of nitrogens with one attached hydrogen (secondary N) is 1. The van der Waals surface area contributed by atoms with Gasteiger partial charge in [-0.15, -0.1) is 0 Å². The van der Waals surface area contributed by atoms with Crippen molar-refractivity contribution in [2.75, 3.05) is 19.0 Å². The molecule has 3 heteroatoms. The quantitative estimate of drug-likeness (QED) is 0.696. The van der Waals surface area contributed by atoms with Gasteiger partial charge in [-0.1, -0.05) is 0 Å². The molecule has 0 saturated carbocycles. The first-order valence-electron chi connectivity index (χ1n) is 4.28. The van der Waals surface area contributed by atoms with Crippen LogP contribution in [0.3, 0.4) is 0 Å². The first-order valence-corrected chi connectivity index (χ1v) is 4.28. The standard InChI is InChI=1S/C10H15NO2/c1-8(13-2)7-11-9-3-5-10(12)6-4-9/h3-6,8,11-12H,7H2,1-2H3. The van der Waals surface area contributed by atoms with Crippen molar-refractivity contribution in [1.29, 1.82) is 0 Å². The molecule has 0 aliphatic carbocycles. The molecule has 0 bridgehead atoms. The van der Waals surface area contributed by atoms with Crippen LogP contribution in [0.2, 0.25) is 0 Å². The molecule has 0 radical (unpaired) electrons. The van der Waals surface area contributed by atoms with E-state index in [1.807, 2.05) is 19.1 Å². The van der Waals surface area contributed by atoms with Gasteiger partial charge in [0.15, 0.2) is 0 Å². The number of benzene rings is 1. The fourth-order valence-electron chi connectivity index (χ4n) is 0.924. The second kappa shape index (κ2) is 4.72. The van der Waals surface area contributed by atoms with Crippen LogP contribution in [0.25, 0.3) is 0 Å². The zero-order valence-electron chi connectivity index (χ0n) is 7.95. The highest BCUT2D eigenvalue weighted by Gasteiger charge is 1.98. The lowest BCUT2D eigenvalue weighted by atomic mass is 10.3. The van der Waals surface area contributed by atoms with E-state index in [1.165, 1.54) is 0 Å². The molecular formula is C10H15NO2. The van der Waals surface area contributed by atoms with Crippen LogP contribution in [-0.2, 0) is 4.74 Å². The molecule has 1 aromatic carbocycles. The van der Waals surface area contributed by atoms with Crippen LogP contribution in [-0.4, -0.2) is 24.9 Å². The summed E-state index contributed by atoms with van der Waals surface area (Å²) in [4.78, 5) is 0. The second-order valence-corrected chi connectivity index (χ2v) is 2.97. The number of hydrogen-bond donors (Lipinski definition) is 2. The van der Waals surface area contributed by atoms with E-state index in [9.17, 15) is 0 Å². The van der Waals surface area contributed by atoms with Crippen LogP contribution in [0.5, 0.6) is 5.75 Å². The van der Waals surface area contributed by atoms with Gasteiger partial charge in [0.2, 0.25) is 0 Å². The van der Waals surface area contributed by atoms with Gasteiger partial charge in [0.1, 0.15) is 5.75 Å². The number of methoxy groups -OCH3 is 1. The summed E-state index contributed by atoms with van der Waals surface area (Å²) < 4.78 is 5.08. The minimum absolute atomic E-state index is 0.189. The number of phenolic OH excluding ortho intramolecular Hbond substituents is 1. The van der Waals surface area contributed by atoms with Gasteiger partial charge in [-0.05, 0) is 31.2 Å². The molecule has 0 aliphatic heterocycles. The monoisotopic (exact) mass is 181 g/mol. The lowest BCUT2D eigenvalue weighted by Crippen LogP contribution is -2.17. The van der Waals surface area contributed by atoms with Crippen LogP contribution in [0.1, 0.15) is 6.92 Å². The highest BCUT2D eigenvalue weighted by Crippen LogP contribution is 2.13. The molecule has 0 amide bonds. The van der Waals surface area contributed by atoms with E-state index in [1.54, 1.807) is 19.2 Å². The molecule has 0 aromatic heterocycles. The Bertz CT molecular complexity index is 246. The molecule has 3 nitrogen and oxygen atoms in total. The van der Waals surface area contributed by atoms with Gasteiger partial charge >= 0.3 is 0 Å². The van der Waals surface area contributed by atoms with Crippen molar-refractivity contribution < 1.29 is 9.84 Å². The van der Waals surface area contributed by atoms with Crippen molar-refractivity contribution in [2.45, 2.75) is 13.0 Å². The number of anilines is 1. The van der Waals surface area contributed by atoms with Crippen molar-refractivity contribution in [2.24, 2.45) is 0 Å². The number of ether oxygens (including phenoxy) is 1. The van der Waals surface area contributed by atoms with Crippen LogP contribution in [0, 0.1) is 0 Å². The molecular weight excluding hydrogens is 166 g/mol. The third-order valence-electron chi connectivity index (χ3n) is 1.86. The molecule has 1 unspecified atom stereocenters. The van der Waals surface area contributed by atoms with Crippen LogP contribution >= 0.6 is 0 Å². The number of aromatic hydroxyl groups is 1. The molecule has 1 atom stereocenters. The summed E-state index contributed by atoms with van der Waals surface area (Å²) in [6.07, 6.45) is 0.189. The molecule has 1 aromatic rings. The van der Waals surface area contributed by atoms with Crippen molar-refractivity contribution >= 4 is 5.69 Å². The van der Waals surface area contributed by atoms with Crippen LogP contribution in [0.4, 0.5) is 5.69 Å². The SMILES string of the molecule is COC(C)CNc1ccc(O)cc1. The predicted molar refractivity (Wildman–Crippen MR) is 53.1 cm³/mol. The van der Waals surface area contributed by atoms with Crippen LogP contribution < -0.4 is 5.32 Å². The maximum absolute atomic E-state index is 9.03. The Morgan fingerprint density at radius 1 is 1.38 bits per heavy atom. The summed E-state index contributed by atoms with van der Waals surface area (Å²) in [5, 5.41) is 12.2. The second-order valence-electron chi connectivity index (χ2n) is 2.97. The Morgan fingerprint density at radius 2 is 2.00 bits per heavy atom. The van der Waals surface area contributed by atoms with Gasteiger partial charge in [-0.2, -0.15) is 0 Å². The van der Waals surface area contributed by atoms with Crippen molar-refractivity contribution in [3.8, 4) is 5.75 Å². The van der Waals surface area contributed by atoms with E-state index in [0.29, 0.717) is 0 Å². The third kappa shape index (κ3) is 3.34. The molecule has 1 rings (SSSR count). The van der Waals surface area contributed by atoms with Crippen molar-refractivity contribution in [3.63, 3.8) is 0 Å². The van der Waals surface area contributed by atoms with E-state index in [4.69, 9.17) is 9.84 Å². The highest BCUT2D eigenvalue weighted by atomic mass is 16.5. The maximum Gasteiger partial charge on any atom is 0.115 e. The Labute approximate surface area is 78.3 Å². The minimum atomic E-state index is 0.189. The lowest BCUT2D eigenvalue weighted by molar-refractivity contribution is 0.129. The smallest absolute Gasteiger partial charge is 0.115 e. The highest BCUT2D eigenvalue weighted by molar-refractivity contribution is 5.45. The van der Waals surface area contributed by atoms with Gasteiger partial charge in [0.25, 0.3) is 0 Å². The predicted octanol–water partition coefficient (Wildman–Crippen LogP) is 1.84. The number of hydrogen-bond acceptors (Lipinski definition) is 3. The van der Waals surface area contributed by atoms with E-state index in [2.05, 4.69) is 5.32 Å². The fourth-order valence-corrected chi connectivity index (χ4v) is 0.924. The fraction of sp³-hybridized carbons (Fsp3) is 0.400. The van der Waals surface area contributed by atoms with Gasteiger partial charge in [0.05, 0.1) is 6.10 Å². The van der Waals surface area contributed by atoms with E-state index in [0.717, 1.165) is 12.2 Å². The molecule has 0 saturated heterocycles. The van der Waals surface area contributed by atoms with Crippen molar-refractivity contribution in [3.05, 3.63) is 24.3 Å². The zero-order chi connectivity index (χ0) is 9.68. The summed E-state index contributed by atoms with van der Waals surface area (Å²) >= 11 is 0. The largest absolute Gasteiger partial charge is 0.508 e. The molecule has 72 valence electrons. The maximum atomic E-state index is 9.03. The summed E-state index contributed by atoms with van der Waals surface area (Å²) in [6.45, 7) is 2.76. The molecule has 2 N–H and O–H groups in total. The Hall–Kier alpha value is -1.22. The van der Waals surface area contributed by atoms with Gasteiger partial charge in [-0.3, -0.25) is 0 Å². The first-order chi connectivity index (χ1) is 6.22. The molecule has 13 heavy (non-hydrogen) atoms. The molecule has 0 aliphatic rings. The lowest BCUT2D eigenvalue weighted by Gasteiger charge is -2.11. The Morgan fingerprint density at radius 3 is 2.54 bits per heavy atom. The average molecular weight is 181 g/mol. The summed E-state index contributed by atoms with van der Waals surface area (Å²) in [5.41, 5.74) is 0.988. The molecule has 0 spiro atoms. The van der Waals surface area contributed by atoms with E-state index < -0.39 is 0 Å².